The second-order valence-electron chi connectivity index (χ2n) is 4.60. The molecular weight excluding hydrogens is 288 g/mol. The first-order chi connectivity index (χ1) is 10.3. The maximum Gasteiger partial charge on any atom is 0.242 e. The molecule has 0 saturated carbocycles. The van der Waals surface area contributed by atoms with Crippen molar-refractivity contribution in [2.45, 2.75) is 6.42 Å². The molecule has 3 rings (SSSR count). The first-order valence-electron chi connectivity index (χ1n) is 6.80. The number of hydrazine groups is 1. The lowest BCUT2D eigenvalue weighted by molar-refractivity contribution is -0.133. The fourth-order valence-corrected chi connectivity index (χ4v) is 2.84. The zero-order valence-electron chi connectivity index (χ0n) is 11.5. The predicted molar refractivity (Wildman–Crippen MR) is 79.6 cm³/mol. The van der Waals surface area contributed by atoms with Crippen molar-refractivity contribution in [3.05, 3.63) is 35.5 Å². The number of carbonyl (C=O) groups excluding carboxylic acids is 1. The summed E-state index contributed by atoms with van der Waals surface area (Å²) in [7, 11) is 0. The monoisotopic (exact) mass is 304 g/mol. The van der Waals surface area contributed by atoms with Crippen molar-refractivity contribution in [2.75, 3.05) is 26.3 Å². The molecule has 21 heavy (non-hydrogen) atoms. The number of rotatable bonds is 3. The van der Waals surface area contributed by atoms with E-state index < -0.39 is 0 Å². The molecule has 1 saturated heterocycles. The van der Waals surface area contributed by atoms with Crippen LogP contribution in [0.25, 0.3) is 10.7 Å². The molecule has 110 valence electrons. The van der Waals surface area contributed by atoms with Crippen LogP contribution in [0.1, 0.15) is 5.69 Å². The molecule has 0 radical (unpaired) electrons. The molecule has 2 aromatic heterocycles. The molecule has 1 fully saturated rings. The van der Waals surface area contributed by atoms with Crippen molar-refractivity contribution < 1.29 is 9.53 Å². The van der Waals surface area contributed by atoms with Gasteiger partial charge in [-0.1, -0.05) is 6.07 Å². The first kappa shape index (κ1) is 14.1. The molecule has 1 amide bonds. The van der Waals surface area contributed by atoms with E-state index in [4.69, 9.17) is 4.74 Å². The number of hydrogen-bond donors (Lipinski definition) is 1. The Morgan fingerprint density at radius 2 is 2.38 bits per heavy atom. The third-order valence-corrected chi connectivity index (χ3v) is 3.99. The molecule has 2 aromatic rings. The highest BCUT2D eigenvalue weighted by atomic mass is 32.1. The smallest absolute Gasteiger partial charge is 0.242 e. The van der Waals surface area contributed by atoms with Gasteiger partial charge in [0.25, 0.3) is 0 Å². The zero-order chi connectivity index (χ0) is 14.5. The summed E-state index contributed by atoms with van der Waals surface area (Å²) in [5.41, 5.74) is 4.67. The van der Waals surface area contributed by atoms with Crippen LogP contribution >= 0.6 is 11.3 Å². The number of ether oxygens (including phenoxy) is 1. The Labute approximate surface area is 126 Å². The molecule has 1 aliphatic rings. The second kappa shape index (κ2) is 6.75. The lowest BCUT2D eigenvalue weighted by Crippen LogP contribution is -2.44. The van der Waals surface area contributed by atoms with Gasteiger partial charge in [0, 0.05) is 18.1 Å². The Bertz CT molecular complexity index is 594. The normalized spacial score (nSPS) is 15.7. The third-order valence-electron chi connectivity index (χ3n) is 3.08. The quantitative estimate of drug-likeness (QED) is 0.920. The Balaban J connectivity index is 1.65. The third kappa shape index (κ3) is 3.63. The van der Waals surface area contributed by atoms with Gasteiger partial charge in [-0.25, -0.2) is 10.4 Å². The van der Waals surface area contributed by atoms with Gasteiger partial charge in [0.05, 0.1) is 37.6 Å². The molecule has 0 aliphatic carbocycles. The average molecular weight is 304 g/mol. The molecule has 6 nitrogen and oxygen atoms in total. The molecule has 3 heterocycles. The van der Waals surface area contributed by atoms with Gasteiger partial charge in [-0.05, 0) is 12.1 Å². The zero-order valence-corrected chi connectivity index (χ0v) is 12.3. The van der Waals surface area contributed by atoms with Crippen molar-refractivity contribution in [1.82, 2.24) is 20.4 Å². The fraction of sp³-hybridized carbons (Fsp3) is 0.357. The van der Waals surface area contributed by atoms with Crippen LogP contribution in [-0.2, 0) is 16.0 Å². The van der Waals surface area contributed by atoms with E-state index in [1.807, 2.05) is 23.6 Å². The van der Waals surface area contributed by atoms with Crippen molar-refractivity contribution >= 4 is 17.2 Å². The summed E-state index contributed by atoms with van der Waals surface area (Å²) in [6.45, 7) is 2.41. The van der Waals surface area contributed by atoms with Crippen LogP contribution in [0.2, 0.25) is 0 Å². The predicted octanol–water partition coefficient (Wildman–Crippen LogP) is 1.11. The number of aromatic nitrogens is 2. The fourth-order valence-electron chi connectivity index (χ4n) is 2.05. The number of carbonyl (C=O) groups is 1. The first-order valence-corrected chi connectivity index (χ1v) is 7.68. The van der Waals surface area contributed by atoms with E-state index in [-0.39, 0.29) is 12.3 Å². The molecule has 7 heteroatoms. The van der Waals surface area contributed by atoms with Gasteiger partial charge < -0.3 is 4.74 Å². The van der Waals surface area contributed by atoms with Crippen LogP contribution in [-0.4, -0.2) is 47.2 Å². The number of amides is 1. The maximum atomic E-state index is 12.2. The van der Waals surface area contributed by atoms with Gasteiger partial charge in [0.1, 0.15) is 5.01 Å². The summed E-state index contributed by atoms with van der Waals surface area (Å²) in [6.07, 6.45) is 2.03. The summed E-state index contributed by atoms with van der Waals surface area (Å²) < 4.78 is 5.31. The second-order valence-corrected chi connectivity index (χ2v) is 5.46. The summed E-state index contributed by atoms with van der Waals surface area (Å²) in [4.78, 5) is 21.0. The molecule has 1 N–H and O–H groups in total. The highest BCUT2D eigenvalue weighted by Gasteiger charge is 2.17. The maximum absolute atomic E-state index is 12.2. The molecule has 0 aromatic carbocycles. The van der Waals surface area contributed by atoms with Crippen molar-refractivity contribution in [3.8, 4) is 10.7 Å². The van der Waals surface area contributed by atoms with E-state index in [1.54, 1.807) is 11.2 Å². The van der Waals surface area contributed by atoms with E-state index >= 15 is 0 Å². The lowest BCUT2D eigenvalue weighted by Gasteiger charge is -2.19. The molecule has 0 unspecified atom stereocenters. The van der Waals surface area contributed by atoms with Gasteiger partial charge in [-0.15, -0.1) is 11.3 Å². The van der Waals surface area contributed by atoms with E-state index in [0.717, 1.165) is 16.4 Å². The molecule has 0 atom stereocenters. The molecule has 1 aliphatic heterocycles. The van der Waals surface area contributed by atoms with Crippen LogP contribution in [0.5, 0.6) is 0 Å². The van der Waals surface area contributed by atoms with Crippen LogP contribution in [0.15, 0.2) is 29.8 Å². The van der Waals surface area contributed by atoms with Gasteiger partial charge in [0.15, 0.2) is 0 Å². The Morgan fingerprint density at radius 3 is 3.24 bits per heavy atom. The summed E-state index contributed by atoms with van der Waals surface area (Å²) in [5.74, 6) is 0.0124. The van der Waals surface area contributed by atoms with Crippen molar-refractivity contribution in [2.24, 2.45) is 0 Å². The minimum absolute atomic E-state index is 0.0124. The van der Waals surface area contributed by atoms with Gasteiger partial charge >= 0.3 is 0 Å². The highest BCUT2D eigenvalue weighted by Crippen LogP contribution is 2.21. The van der Waals surface area contributed by atoms with Crippen LogP contribution < -0.4 is 5.43 Å². The Hall–Kier alpha value is -1.83. The number of hydrogen-bond acceptors (Lipinski definition) is 6. The summed E-state index contributed by atoms with van der Waals surface area (Å²) >= 11 is 1.51. The Morgan fingerprint density at radius 1 is 1.43 bits per heavy atom. The number of nitrogens with zero attached hydrogens (tertiary/aromatic N) is 3. The minimum Gasteiger partial charge on any atom is -0.378 e. The number of thiazole rings is 1. The van der Waals surface area contributed by atoms with Crippen LogP contribution in [0, 0.1) is 0 Å². The van der Waals surface area contributed by atoms with Gasteiger partial charge in [-0.3, -0.25) is 14.8 Å². The van der Waals surface area contributed by atoms with Crippen molar-refractivity contribution in [3.63, 3.8) is 0 Å². The van der Waals surface area contributed by atoms with Crippen LogP contribution in [0.3, 0.4) is 0 Å². The van der Waals surface area contributed by atoms with E-state index in [0.29, 0.717) is 26.3 Å². The highest BCUT2D eigenvalue weighted by molar-refractivity contribution is 7.13. The number of nitrogens with one attached hydrogen (secondary N) is 1. The molecule has 0 spiro atoms. The average Bonchev–Trinajstić information content (AvgIpc) is 2.81. The van der Waals surface area contributed by atoms with Crippen LogP contribution in [0.4, 0.5) is 0 Å². The largest absolute Gasteiger partial charge is 0.378 e. The lowest BCUT2D eigenvalue weighted by atomic mass is 10.3. The standard InChI is InChI=1S/C14H16N4O2S/c19-13(18-6-8-20-7-5-16-18)9-11-10-21-14(17-11)12-3-1-2-4-15-12/h1-4,10,16H,5-9H2. The van der Waals surface area contributed by atoms with E-state index in [9.17, 15) is 4.79 Å². The Kier molecular flexibility index (Phi) is 4.54. The van der Waals surface area contributed by atoms with Gasteiger partial charge in [-0.2, -0.15) is 0 Å². The minimum atomic E-state index is 0.0124. The number of pyridine rings is 1. The van der Waals surface area contributed by atoms with Gasteiger partial charge in [0.2, 0.25) is 5.91 Å². The SMILES string of the molecule is O=C(Cc1csc(-c2ccccn2)n1)N1CCOCCN1. The molecular formula is C14H16N4O2S. The van der Waals surface area contributed by atoms with E-state index in [2.05, 4.69) is 15.4 Å². The summed E-state index contributed by atoms with van der Waals surface area (Å²) in [5, 5.41) is 4.37. The molecule has 0 bridgehead atoms. The van der Waals surface area contributed by atoms with E-state index in [1.165, 1.54) is 11.3 Å². The topological polar surface area (TPSA) is 67.4 Å². The summed E-state index contributed by atoms with van der Waals surface area (Å²) in [6, 6.07) is 5.71. The van der Waals surface area contributed by atoms with Crippen molar-refractivity contribution in [1.29, 1.82) is 0 Å².